The Morgan fingerprint density at radius 3 is 2.33 bits per heavy atom. The Balaban J connectivity index is 3.48. The van der Waals surface area contributed by atoms with Gasteiger partial charge in [-0.25, -0.2) is 12.8 Å². The van der Waals surface area contributed by atoms with E-state index >= 15 is 0 Å². The molecular weight excluding hydrogens is 241 g/mol. The molecule has 15 heavy (non-hydrogen) atoms. The molecule has 1 aromatic rings. The highest BCUT2D eigenvalue weighted by Crippen LogP contribution is 2.27. The Labute approximate surface area is 93.0 Å². The van der Waals surface area contributed by atoms with E-state index in [-0.39, 0.29) is 5.02 Å². The Bertz CT molecular complexity index is 462. The van der Waals surface area contributed by atoms with Gasteiger partial charge in [-0.1, -0.05) is 11.6 Å². The molecule has 0 aliphatic rings. The molecule has 0 spiro atoms. The minimum absolute atomic E-state index is 0.134. The first-order valence-corrected chi connectivity index (χ1v) is 6.45. The molecule has 1 unspecified atom stereocenters. The summed E-state index contributed by atoms with van der Waals surface area (Å²) >= 11 is 5.69. The molecule has 0 amide bonds. The second-order valence-corrected chi connectivity index (χ2v) is 5.73. The first-order valence-electron chi connectivity index (χ1n) is 4.18. The van der Waals surface area contributed by atoms with Crippen molar-refractivity contribution in [2.24, 2.45) is 5.73 Å². The van der Waals surface area contributed by atoms with Crippen LogP contribution in [0.1, 0.15) is 18.5 Å². The SMILES string of the molecule is CC(N)c1cc(F)c(S(C)(=O)=O)c(Cl)c1. The second kappa shape index (κ2) is 4.08. The van der Waals surface area contributed by atoms with Crippen LogP contribution in [-0.4, -0.2) is 14.7 Å². The minimum atomic E-state index is -3.65. The highest BCUT2D eigenvalue weighted by Gasteiger charge is 2.19. The fourth-order valence-corrected chi connectivity index (χ4v) is 2.66. The summed E-state index contributed by atoms with van der Waals surface area (Å²) < 4.78 is 35.8. The molecule has 6 heteroatoms. The Morgan fingerprint density at radius 1 is 1.47 bits per heavy atom. The second-order valence-electron chi connectivity index (χ2n) is 3.37. The van der Waals surface area contributed by atoms with Gasteiger partial charge in [0.15, 0.2) is 9.84 Å². The van der Waals surface area contributed by atoms with Gasteiger partial charge < -0.3 is 5.73 Å². The molecule has 1 aromatic carbocycles. The molecule has 3 nitrogen and oxygen atoms in total. The third-order valence-electron chi connectivity index (χ3n) is 1.92. The van der Waals surface area contributed by atoms with E-state index in [1.54, 1.807) is 6.92 Å². The summed E-state index contributed by atoms with van der Waals surface area (Å²) in [4.78, 5) is -0.478. The molecule has 0 saturated carbocycles. The average molecular weight is 252 g/mol. The van der Waals surface area contributed by atoms with Crippen LogP contribution in [-0.2, 0) is 9.84 Å². The number of rotatable bonds is 2. The molecule has 2 N–H and O–H groups in total. The number of benzene rings is 1. The van der Waals surface area contributed by atoms with Gasteiger partial charge in [0.05, 0.1) is 5.02 Å². The van der Waals surface area contributed by atoms with Gasteiger partial charge in [0.2, 0.25) is 0 Å². The quantitative estimate of drug-likeness (QED) is 0.873. The van der Waals surface area contributed by atoms with Crippen LogP contribution < -0.4 is 5.73 Å². The van der Waals surface area contributed by atoms with E-state index in [4.69, 9.17) is 17.3 Å². The lowest BCUT2D eigenvalue weighted by molar-refractivity contribution is 0.568. The molecule has 0 heterocycles. The zero-order valence-electron chi connectivity index (χ0n) is 8.29. The predicted molar refractivity (Wildman–Crippen MR) is 57.1 cm³/mol. The van der Waals surface area contributed by atoms with Crippen LogP contribution >= 0.6 is 11.6 Å². The fourth-order valence-electron chi connectivity index (χ4n) is 1.20. The summed E-state index contributed by atoms with van der Waals surface area (Å²) in [7, 11) is -3.65. The molecule has 1 rings (SSSR count). The van der Waals surface area contributed by atoms with Crippen LogP contribution in [0.2, 0.25) is 5.02 Å². The van der Waals surface area contributed by atoms with Gasteiger partial charge in [-0.3, -0.25) is 0 Å². The number of sulfone groups is 1. The summed E-state index contributed by atoms with van der Waals surface area (Å²) in [5, 5.41) is -0.134. The normalized spacial score (nSPS) is 13.9. The van der Waals surface area contributed by atoms with Crippen molar-refractivity contribution in [2.75, 3.05) is 6.26 Å². The molecule has 0 bridgehead atoms. The lowest BCUT2D eigenvalue weighted by Gasteiger charge is -2.09. The molecule has 0 saturated heterocycles. The third-order valence-corrected chi connectivity index (χ3v) is 3.48. The van der Waals surface area contributed by atoms with Crippen molar-refractivity contribution in [3.8, 4) is 0 Å². The Morgan fingerprint density at radius 2 is 2.00 bits per heavy atom. The van der Waals surface area contributed by atoms with Crippen molar-refractivity contribution >= 4 is 21.4 Å². The maximum Gasteiger partial charge on any atom is 0.179 e. The minimum Gasteiger partial charge on any atom is -0.324 e. The molecule has 84 valence electrons. The summed E-state index contributed by atoms with van der Waals surface area (Å²) in [5.41, 5.74) is 6.00. The van der Waals surface area contributed by atoms with Crippen LogP contribution in [0.15, 0.2) is 17.0 Å². The standard InChI is InChI=1S/C9H11ClFNO2S/c1-5(12)6-3-7(10)9(8(11)4-6)15(2,13)14/h3-5H,12H2,1-2H3. The van der Waals surface area contributed by atoms with E-state index in [9.17, 15) is 12.8 Å². The van der Waals surface area contributed by atoms with Crippen LogP contribution in [0.25, 0.3) is 0 Å². The van der Waals surface area contributed by atoms with E-state index in [0.717, 1.165) is 12.3 Å². The van der Waals surface area contributed by atoms with E-state index in [2.05, 4.69) is 0 Å². The molecule has 1 atom stereocenters. The fraction of sp³-hybridized carbons (Fsp3) is 0.333. The van der Waals surface area contributed by atoms with Gasteiger partial charge in [-0.15, -0.1) is 0 Å². The molecule has 0 aromatic heterocycles. The predicted octanol–water partition coefficient (Wildman–Crippen LogP) is 1.90. The highest BCUT2D eigenvalue weighted by atomic mass is 35.5. The van der Waals surface area contributed by atoms with Crippen molar-refractivity contribution in [1.29, 1.82) is 0 Å². The highest BCUT2D eigenvalue weighted by molar-refractivity contribution is 7.90. The van der Waals surface area contributed by atoms with E-state index in [0.29, 0.717) is 5.56 Å². The maximum absolute atomic E-state index is 13.4. The van der Waals surface area contributed by atoms with Gasteiger partial charge in [0, 0.05) is 12.3 Å². The van der Waals surface area contributed by atoms with Gasteiger partial charge in [-0.2, -0.15) is 0 Å². The van der Waals surface area contributed by atoms with Crippen LogP contribution in [0.5, 0.6) is 0 Å². The lowest BCUT2D eigenvalue weighted by atomic mass is 10.1. The maximum atomic E-state index is 13.4. The summed E-state index contributed by atoms with van der Waals surface area (Å²) in [5.74, 6) is -0.864. The van der Waals surface area contributed by atoms with Crippen molar-refractivity contribution in [3.05, 3.63) is 28.5 Å². The topological polar surface area (TPSA) is 60.2 Å². The van der Waals surface area contributed by atoms with Gasteiger partial charge in [0.25, 0.3) is 0 Å². The van der Waals surface area contributed by atoms with E-state index < -0.39 is 26.6 Å². The zero-order valence-corrected chi connectivity index (χ0v) is 9.86. The first-order chi connectivity index (χ1) is 6.73. The van der Waals surface area contributed by atoms with Crippen LogP contribution in [0, 0.1) is 5.82 Å². The van der Waals surface area contributed by atoms with Gasteiger partial charge in [-0.05, 0) is 24.6 Å². The third kappa shape index (κ3) is 2.68. The molecule has 0 fully saturated rings. The van der Waals surface area contributed by atoms with Crippen molar-refractivity contribution in [1.82, 2.24) is 0 Å². The lowest BCUT2D eigenvalue weighted by Crippen LogP contribution is -2.08. The number of hydrogen-bond acceptors (Lipinski definition) is 3. The summed E-state index contributed by atoms with van der Waals surface area (Å²) in [6, 6.07) is 2.06. The van der Waals surface area contributed by atoms with Gasteiger partial charge in [0.1, 0.15) is 10.7 Å². The average Bonchev–Trinajstić information content (AvgIpc) is 1.99. The first kappa shape index (κ1) is 12.4. The summed E-state index contributed by atoms with van der Waals surface area (Å²) in [6.07, 6.45) is 0.906. The number of nitrogens with two attached hydrogens (primary N) is 1. The van der Waals surface area contributed by atoms with Crippen LogP contribution in [0.4, 0.5) is 4.39 Å². The van der Waals surface area contributed by atoms with Gasteiger partial charge >= 0.3 is 0 Å². The largest absolute Gasteiger partial charge is 0.324 e. The summed E-state index contributed by atoms with van der Waals surface area (Å²) in [6.45, 7) is 1.66. The molecule has 0 radical (unpaired) electrons. The number of halogens is 2. The molecule has 0 aliphatic heterocycles. The Kier molecular flexibility index (Phi) is 3.38. The molecular formula is C9H11ClFNO2S. The Hall–Kier alpha value is -0.650. The zero-order chi connectivity index (χ0) is 11.8. The number of hydrogen-bond donors (Lipinski definition) is 1. The smallest absolute Gasteiger partial charge is 0.179 e. The van der Waals surface area contributed by atoms with Crippen LogP contribution in [0.3, 0.4) is 0 Å². The van der Waals surface area contributed by atoms with Crippen molar-refractivity contribution in [2.45, 2.75) is 17.9 Å². The van der Waals surface area contributed by atoms with Crippen molar-refractivity contribution in [3.63, 3.8) is 0 Å². The monoisotopic (exact) mass is 251 g/mol. The molecule has 0 aliphatic carbocycles. The van der Waals surface area contributed by atoms with E-state index in [1.807, 2.05) is 0 Å². The van der Waals surface area contributed by atoms with E-state index in [1.165, 1.54) is 6.07 Å². The van der Waals surface area contributed by atoms with Crippen molar-refractivity contribution < 1.29 is 12.8 Å².